The van der Waals surface area contributed by atoms with Crippen LogP contribution in [0.3, 0.4) is 0 Å². The van der Waals surface area contributed by atoms with Gasteiger partial charge in [0.25, 0.3) is 0 Å². The van der Waals surface area contributed by atoms with Gasteiger partial charge in [-0.3, -0.25) is 4.98 Å². The van der Waals surface area contributed by atoms with Gasteiger partial charge in [-0.2, -0.15) is 0 Å². The van der Waals surface area contributed by atoms with Crippen molar-refractivity contribution in [2.75, 3.05) is 0 Å². The summed E-state index contributed by atoms with van der Waals surface area (Å²) in [5.41, 5.74) is 1.86. The first-order valence-electron chi connectivity index (χ1n) is 6.72. The molecule has 0 saturated carbocycles. The van der Waals surface area contributed by atoms with Crippen LogP contribution in [0.1, 0.15) is 23.6 Å². The van der Waals surface area contributed by atoms with Gasteiger partial charge in [0.15, 0.2) is 0 Å². The van der Waals surface area contributed by atoms with E-state index in [1.54, 1.807) is 6.20 Å². The highest BCUT2D eigenvalue weighted by Gasteiger charge is 2.28. The van der Waals surface area contributed by atoms with Crippen molar-refractivity contribution in [1.29, 1.82) is 0 Å². The number of aromatic nitrogens is 1. The molecule has 3 rings (SSSR count). The Labute approximate surface area is 118 Å². The second-order valence-corrected chi connectivity index (χ2v) is 5.29. The number of nitrogens with zero attached hydrogens (tertiary/aromatic N) is 1. The molecule has 0 spiro atoms. The summed E-state index contributed by atoms with van der Waals surface area (Å²) in [6.45, 7) is 3.87. The van der Waals surface area contributed by atoms with Gasteiger partial charge in [0, 0.05) is 17.8 Å². The van der Waals surface area contributed by atoms with Crippen molar-refractivity contribution < 1.29 is 5.11 Å². The monoisotopic (exact) mass is 263 g/mol. The summed E-state index contributed by atoms with van der Waals surface area (Å²) >= 11 is 0. The van der Waals surface area contributed by atoms with Gasteiger partial charge in [0.05, 0.1) is 0 Å². The second-order valence-electron chi connectivity index (χ2n) is 5.29. The highest BCUT2D eigenvalue weighted by atomic mass is 16.3. The van der Waals surface area contributed by atoms with Crippen molar-refractivity contribution in [3.8, 4) is 0 Å². The third-order valence-electron chi connectivity index (χ3n) is 3.88. The quantitative estimate of drug-likeness (QED) is 0.763. The number of fused-ring (bicyclic) bond motifs is 1. The molecule has 1 unspecified atom stereocenters. The number of rotatable bonds is 2. The fourth-order valence-corrected chi connectivity index (χ4v) is 2.80. The molecule has 2 nitrogen and oxygen atoms in total. The second kappa shape index (κ2) is 4.73. The average Bonchev–Trinajstić information content (AvgIpc) is 2.47. The number of hydrogen-bond donors (Lipinski definition) is 1. The predicted octanol–water partition coefficient (Wildman–Crippen LogP) is 3.80. The minimum atomic E-state index is -1.03. The smallest absolute Gasteiger partial charge is 0.113 e. The summed E-state index contributed by atoms with van der Waals surface area (Å²) in [5, 5.41) is 13.2. The number of benzene rings is 2. The first-order chi connectivity index (χ1) is 9.60. The van der Waals surface area contributed by atoms with Crippen molar-refractivity contribution in [2.45, 2.75) is 19.4 Å². The summed E-state index contributed by atoms with van der Waals surface area (Å²) < 4.78 is 0. The molecule has 1 N–H and O–H groups in total. The van der Waals surface area contributed by atoms with Crippen molar-refractivity contribution >= 4 is 10.8 Å². The molecule has 0 aliphatic heterocycles. The molecule has 2 aromatic carbocycles. The number of aliphatic hydroxyl groups is 1. The van der Waals surface area contributed by atoms with Crippen LogP contribution in [0, 0.1) is 6.92 Å². The van der Waals surface area contributed by atoms with E-state index in [-0.39, 0.29) is 0 Å². The Morgan fingerprint density at radius 1 is 0.950 bits per heavy atom. The summed E-state index contributed by atoms with van der Waals surface area (Å²) in [4.78, 5) is 4.19. The molecule has 1 aromatic heterocycles. The van der Waals surface area contributed by atoms with Gasteiger partial charge in [-0.05, 0) is 42.0 Å². The van der Waals surface area contributed by atoms with Crippen molar-refractivity contribution in [3.05, 3.63) is 77.6 Å². The van der Waals surface area contributed by atoms with E-state index in [4.69, 9.17) is 0 Å². The zero-order chi connectivity index (χ0) is 14.2. The van der Waals surface area contributed by atoms with Crippen LogP contribution in [0.2, 0.25) is 0 Å². The average molecular weight is 263 g/mol. The molecule has 20 heavy (non-hydrogen) atoms. The zero-order valence-corrected chi connectivity index (χ0v) is 11.7. The van der Waals surface area contributed by atoms with Crippen LogP contribution in [0.15, 0.2) is 60.9 Å². The molecule has 0 bridgehead atoms. The van der Waals surface area contributed by atoms with Gasteiger partial charge in [0.1, 0.15) is 5.60 Å². The van der Waals surface area contributed by atoms with Crippen LogP contribution in [0.4, 0.5) is 0 Å². The van der Waals surface area contributed by atoms with E-state index >= 15 is 0 Å². The molecule has 100 valence electrons. The van der Waals surface area contributed by atoms with Gasteiger partial charge < -0.3 is 5.11 Å². The van der Waals surface area contributed by atoms with Crippen molar-refractivity contribution in [3.63, 3.8) is 0 Å². The topological polar surface area (TPSA) is 33.1 Å². The fourth-order valence-electron chi connectivity index (χ4n) is 2.80. The lowest BCUT2D eigenvalue weighted by Crippen LogP contribution is -2.24. The predicted molar refractivity (Wildman–Crippen MR) is 81.6 cm³/mol. The van der Waals surface area contributed by atoms with Gasteiger partial charge >= 0.3 is 0 Å². The first-order valence-corrected chi connectivity index (χ1v) is 6.72. The maximum Gasteiger partial charge on any atom is 0.113 e. The Hall–Kier alpha value is -2.19. The standard InChI is InChI=1S/C18H17NO/c1-13-6-3-4-8-16(13)18(2,20)17-9-5-7-14-10-11-19-12-15(14)17/h3-12,20H,1-2H3. The van der Waals surface area contributed by atoms with Crippen molar-refractivity contribution in [2.24, 2.45) is 0 Å². The molecule has 0 amide bonds. The number of pyridine rings is 1. The summed E-state index contributed by atoms with van der Waals surface area (Å²) in [5.74, 6) is 0. The molecule has 0 fully saturated rings. The Morgan fingerprint density at radius 2 is 1.70 bits per heavy atom. The van der Waals surface area contributed by atoms with E-state index in [9.17, 15) is 5.11 Å². The minimum Gasteiger partial charge on any atom is -0.381 e. The molecule has 0 aliphatic rings. The molecule has 0 aliphatic carbocycles. The molecular weight excluding hydrogens is 246 g/mol. The van der Waals surface area contributed by atoms with Crippen LogP contribution in [-0.2, 0) is 5.60 Å². The molecular formula is C18H17NO. The van der Waals surface area contributed by atoms with E-state index in [0.29, 0.717) is 0 Å². The lowest BCUT2D eigenvalue weighted by molar-refractivity contribution is 0.103. The van der Waals surface area contributed by atoms with Crippen LogP contribution in [0.5, 0.6) is 0 Å². The largest absolute Gasteiger partial charge is 0.381 e. The molecule has 2 heteroatoms. The van der Waals surface area contributed by atoms with Crippen LogP contribution < -0.4 is 0 Å². The highest BCUT2D eigenvalue weighted by molar-refractivity contribution is 5.86. The first kappa shape index (κ1) is 12.8. The molecule has 3 aromatic rings. The summed E-state index contributed by atoms with van der Waals surface area (Å²) in [6, 6.07) is 15.9. The van der Waals surface area contributed by atoms with Gasteiger partial charge in [-0.15, -0.1) is 0 Å². The van der Waals surface area contributed by atoms with Gasteiger partial charge in [0.2, 0.25) is 0 Å². The van der Waals surface area contributed by atoms with Gasteiger partial charge in [-0.1, -0.05) is 42.5 Å². The van der Waals surface area contributed by atoms with E-state index < -0.39 is 5.60 Å². The maximum atomic E-state index is 11.1. The molecule has 1 atom stereocenters. The SMILES string of the molecule is Cc1ccccc1C(C)(O)c1cccc2ccncc12. The zero-order valence-electron chi connectivity index (χ0n) is 11.7. The Bertz CT molecular complexity index is 757. The minimum absolute atomic E-state index is 0.886. The Morgan fingerprint density at radius 3 is 2.50 bits per heavy atom. The number of aryl methyl sites for hydroxylation is 1. The Kier molecular flexibility index (Phi) is 3.03. The summed E-state index contributed by atoms with van der Waals surface area (Å²) in [6.07, 6.45) is 3.59. The van der Waals surface area contributed by atoms with Crippen LogP contribution >= 0.6 is 0 Å². The van der Waals surface area contributed by atoms with Crippen LogP contribution in [0.25, 0.3) is 10.8 Å². The lowest BCUT2D eigenvalue weighted by atomic mass is 9.83. The fraction of sp³-hybridized carbons (Fsp3) is 0.167. The third-order valence-corrected chi connectivity index (χ3v) is 3.88. The third kappa shape index (κ3) is 1.98. The van der Waals surface area contributed by atoms with E-state index in [1.807, 2.05) is 68.6 Å². The van der Waals surface area contributed by atoms with Gasteiger partial charge in [-0.25, -0.2) is 0 Å². The van der Waals surface area contributed by atoms with Crippen molar-refractivity contribution in [1.82, 2.24) is 4.98 Å². The van der Waals surface area contributed by atoms with E-state index in [1.165, 1.54) is 0 Å². The highest BCUT2D eigenvalue weighted by Crippen LogP contribution is 2.35. The Balaban J connectivity index is 2.27. The normalized spacial score (nSPS) is 14.2. The summed E-state index contributed by atoms with van der Waals surface area (Å²) in [7, 11) is 0. The van der Waals surface area contributed by atoms with E-state index in [0.717, 1.165) is 27.5 Å². The molecule has 0 saturated heterocycles. The maximum absolute atomic E-state index is 11.1. The number of hydrogen-bond acceptors (Lipinski definition) is 2. The molecule has 0 radical (unpaired) electrons. The van der Waals surface area contributed by atoms with E-state index in [2.05, 4.69) is 4.98 Å². The lowest BCUT2D eigenvalue weighted by Gasteiger charge is -2.27. The van der Waals surface area contributed by atoms with Crippen LogP contribution in [-0.4, -0.2) is 10.1 Å². The molecule has 1 heterocycles.